The maximum Gasteiger partial charge on any atom is 0.338 e. The zero-order valence-electron chi connectivity index (χ0n) is 17.1. The van der Waals surface area contributed by atoms with Gasteiger partial charge in [-0.25, -0.2) is 13.2 Å². The Bertz CT molecular complexity index is 1290. The molecule has 6 atom stereocenters. The van der Waals surface area contributed by atoms with Crippen molar-refractivity contribution in [2.45, 2.75) is 23.5 Å². The summed E-state index contributed by atoms with van der Waals surface area (Å²) in [6.45, 7) is 0. The van der Waals surface area contributed by atoms with Crippen LogP contribution in [-0.2, 0) is 29.2 Å². The fourth-order valence-electron chi connectivity index (χ4n) is 5.19. The van der Waals surface area contributed by atoms with Crippen molar-refractivity contribution < 1.29 is 41.6 Å². The topological polar surface area (TPSA) is 136 Å². The fourth-order valence-corrected chi connectivity index (χ4v) is 7.60. The third-order valence-corrected chi connectivity index (χ3v) is 8.59. The Balaban J connectivity index is 1.36. The van der Waals surface area contributed by atoms with Crippen LogP contribution in [0, 0.1) is 30.8 Å². The number of hydrogen-bond acceptors (Lipinski definition) is 9. The predicted molar refractivity (Wildman–Crippen MR) is 130 cm³/mol. The number of benzene rings is 2. The molecule has 2 aliphatic carbocycles. The van der Waals surface area contributed by atoms with Gasteiger partial charge in [-0.3, -0.25) is 9.59 Å². The molecule has 0 radical (unpaired) electrons. The maximum absolute atomic E-state index is 13.1. The van der Waals surface area contributed by atoms with Crippen molar-refractivity contribution in [3.8, 4) is 5.75 Å². The number of hydrogen-bond donors (Lipinski definition) is 0. The zero-order chi connectivity index (χ0) is 24.4. The molecule has 0 spiro atoms. The highest BCUT2D eigenvalue weighted by molar-refractivity contribution is 14.1. The van der Waals surface area contributed by atoms with Gasteiger partial charge in [0.1, 0.15) is 28.1 Å². The normalized spacial score (nSPS) is 29.1. The summed E-state index contributed by atoms with van der Waals surface area (Å²) >= 11 is 4.21. The number of esters is 3. The van der Waals surface area contributed by atoms with Crippen molar-refractivity contribution in [1.82, 2.24) is 0 Å². The second-order valence-corrected chi connectivity index (χ2v) is 12.3. The Morgan fingerprint density at radius 3 is 2.29 bits per heavy atom. The Kier molecular flexibility index (Phi) is 6.13. The van der Waals surface area contributed by atoms with Crippen LogP contribution in [0.25, 0.3) is 0 Å². The van der Waals surface area contributed by atoms with Crippen LogP contribution in [0.15, 0.2) is 47.4 Å². The van der Waals surface area contributed by atoms with E-state index in [1.165, 1.54) is 12.1 Å². The van der Waals surface area contributed by atoms with E-state index < -0.39 is 62.9 Å². The Hall–Kier alpha value is -1.78. The number of halogens is 2. The fraction of sp³-hybridized carbons (Fsp3) is 0.318. The van der Waals surface area contributed by atoms with Gasteiger partial charge in [0.15, 0.2) is 0 Å². The van der Waals surface area contributed by atoms with E-state index in [-0.39, 0.29) is 11.7 Å². The van der Waals surface area contributed by atoms with Gasteiger partial charge in [-0.15, -0.1) is 0 Å². The van der Waals surface area contributed by atoms with Crippen molar-refractivity contribution in [3.63, 3.8) is 0 Å². The van der Waals surface area contributed by atoms with Gasteiger partial charge in [-0.2, -0.15) is 0 Å². The van der Waals surface area contributed by atoms with Crippen LogP contribution in [0.3, 0.4) is 0 Å². The molecule has 5 unspecified atom stereocenters. The summed E-state index contributed by atoms with van der Waals surface area (Å²) in [5, 5.41) is 0. The van der Waals surface area contributed by atoms with Gasteiger partial charge in [-0.05, 0) is 94.1 Å². The van der Waals surface area contributed by atoms with Crippen molar-refractivity contribution in [3.05, 3.63) is 55.2 Å². The van der Waals surface area contributed by atoms with Crippen LogP contribution in [-0.4, -0.2) is 43.1 Å². The molecular formula is C22H15I2O9S-. The van der Waals surface area contributed by atoms with Gasteiger partial charge < -0.3 is 18.8 Å². The van der Waals surface area contributed by atoms with Gasteiger partial charge in [0.25, 0.3) is 0 Å². The summed E-state index contributed by atoms with van der Waals surface area (Å²) in [4.78, 5) is 38.0. The van der Waals surface area contributed by atoms with Crippen molar-refractivity contribution in [2.75, 3.05) is 0 Å². The molecule has 5 rings (SSSR count). The molecule has 9 nitrogen and oxygen atoms in total. The first-order valence-corrected chi connectivity index (χ1v) is 13.7. The summed E-state index contributed by atoms with van der Waals surface area (Å²) in [5.41, 5.74) is 0.368. The van der Waals surface area contributed by atoms with Gasteiger partial charge in [0, 0.05) is 19.0 Å². The standard InChI is InChI=1S/C22H16I2O9S/c23-10-5-9(6-11(24)7-10)20(25)32-18-14-8-15-17(22(27)33-19(15)18)16(14)21(26)31-12-1-3-13(4-2-12)34(28,29)30/h1-7,14-19H,8H2,(H,28,29,30)/p-1/t14?,15?,16?,17-,18?,19?/m0/s1. The second kappa shape index (κ2) is 8.71. The van der Waals surface area contributed by atoms with E-state index in [0.29, 0.717) is 12.0 Å². The third-order valence-electron chi connectivity index (χ3n) is 6.49. The molecule has 2 aromatic rings. The smallest absolute Gasteiger partial charge is 0.338 e. The highest BCUT2D eigenvalue weighted by atomic mass is 127. The zero-order valence-corrected chi connectivity index (χ0v) is 22.2. The van der Waals surface area contributed by atoms with Gasteiger partial charge >= 0.3 is 17.9 Å². The molecule has 2 bridgehead atoms. The predicted octanol–water partition coefficient (Wildman–Crippen LogP) is 2.74. The van der Waals surface area contributed by atoms with Gasteiger partial charge in [0.05, 0.1) is 22.3 Å². The highest BCUT2D eigenvalue weighted by Gasteiger charge is 2.70. The molecule has 0 N–H and O–H groups in total. The molecule has 3 fully saturated rings. The molecule has 1 aliphatic heterocycles. The molecule has 12 heteroatoms. The highest BCUT2D eigenvalue weighted by Crippen LogP contribution is 2.59. The SMILES string of the molecule is O=C(OC1C2CC3C1OC(=O)[C@@H]3C2C(=O)Oc1ccc(S(=O)(=O)[O-])cc1)c1cc(I)cc(I)c1. The minimum atomic E-state index is -4.63. The average molecular weight is 709 g/mol. The molecule has 34 heavy (non-hydrogen) atoms. The minimum absolute atomic E-state index is 0.0325. The van der Waals surface area contributed by atoms with Crippen molar-refractivity contribution in [1.29, 1.82) is 0 Å². The van der Waals surface area contributed by atoms with Gasteiger partial charge in [0.2, 0.25) is 0 Å². The van der Waals surface area contributed by atoms with E-state index in [1.807, 2.05) is 6.07 Å². The van der Waals surface area contributed by atoms with Crippen LogP contribution in [0.5, 0.6) is 5.75 Å². The summed E-state index contributed by atoms with van der Waals surface area (Å²) in [7, 11) is -4.63. The van der Waals surface area contributed by atoms with Crippen LogP contribution in [0.4, 0.5) is 0 Å². The maximum atomic E-state index is 13.1. The van der Waals surface area contributed by atoms with Crippen molar-refractivity contribution in [2.24, 2.45) is 23.7 Å². The van der Waals surface area contributed by atoms with Crippen LogP contribution in [0.1, 0.15) is 16.8 Å². The van der Waals surface area contributed by atoms with E-state index >= 15 is 0 Å². The first-order valence-electron chi connectivity index (χ1n) is 10.2. The largest absolute Gasteiger partial charge is 0.744 e. The first kappa shape index (κ1) is 23.9. The summed E-state index contributed by atoms with van der Waals surface area (Å²) in [6.07, 6.45) is -0.893. The molecule has 0 amide bonds. The van der Waals surface area contributed by atoms with E-state index in [4.69, 9.17) is 14.2 Å². The number of fused-ring (bicyclic) bond motifs is 1. The number of carbonyl (C=O) groups excluding carboxylic acids is 3. The van der Waals surface area contributed by atoms with Crippen LogP contribution < -0.4 is 4.74 Å². The Morgan fingerprint density at radius 2 is 1.68 bits per heavy atom. The van der Waals surface area contributed by atoms with E-state index in [1.54, 1.807) is 12.1 Å². The number of carbonyl (C=O) groups is 3. The molecule has 0 aromatic heterocycles. The first-order chi connectivity index (χ1) is 16.0. The molecule has 178 valence electrons. The Morgan fingerprint density at radius 1 is 1.03 bits per heavy atom. The minimum Gasteiger partial charge on any atom is -0.744 e. The summed E-state index contributed by atoms with van der Waals surface area (Å²) in [5.74, 6) is -4.00. The molecule has 3 aliphatic rings. The van der Waals surface area contributed by atoms with Crippen LogP contribution >= 0.6 is 45.2 Å². The number of rotatable bonds is 5. The van der Waals surface area contributed by atoms with Crippen LogP contribution in [0.2, 0.25) is 0 Å². The quantitative estimate of drug-likeness (QED) is 0.199. The molecule has 1 heterocycles. The molecule has 2 aromatic carbocycles. The summed E-state index contributed by atoms with van der Waals surface area (Å²) < 4.78 is 51.7. The summed E-state index contributed by atoms with van der Waals surface area (Å²) in [6, 6.07) is 9.77. The molecule has 1 saturated heterocycles. The lowest BCUT2D eigenvalue weighted by Crippen LogP contribution is -2.44. The van der Waals surface area contributed by atoms with Crippen molar-refractivity contribution >= 4 is 73.2 Å². The lowest BCUT2D eigenvalue weighted by atomic mass is 9.78. The monoisotopic (exact) mass is 709 g/mol. The van der Waals surface area contributed by atoms with E-state index in [0.717, 1.165) is 19.3 Å². The Labute approximate surface area is 221 Å². The molecule has 2 saturated carbocycles. The number of ether oxygens (including phenoxy) is 3. The second-order valence-electron chi connectivity index (χ2n) is 8.39. The average Bonchev–Trinajstić information content (AvgIpc) is 3.36. The lowest BCUT2D eigenvalue weighted by Gasteiger charge is -2.30. The van der Waals surface area contributed by atoms with E-state index in [2.05, 4.69) is 45.2 Å². The van der Waals surface area contributed by atoms with Gasteiger partial charge in [-0.1, -0.05) is 0 Å². The third kappa shape index (κ3) is 4.22. The molecular weight excluding hydrogens is 694 g/mol. The lowest BCUT2D eigenvalue weighted by molar-refractivity contribution is -0.149. The van der Waals surface area contributed by atoms with E-state index in [9.17, 15) is 27.4 Å².